The lowest BCUT2D eigenvalue weighted by atomic mass is 10.1. The minimum atomic E-state index is -0.608. The molecule has 7 nitrogen and oxygen atoms in total. The molecule has 3 aromatic carbocycles. The number of rotatable bonds is 6. The van der Waals surface area contributed by atoms with Crippen LogP contribution in [0.4, 0.5) is 11.4 Å². The zero-order chi connectivity index (χ0) is 20.8. The monoisotopic (exact) mass is 392 g/mol. The number of carbonyl (C=O) groups is 2. The van der Waals surface area contributed by atoms with Gasteiger partial charge in [0.05, 0.1) is 30.0 Å². The van der Waals surface area contributed by atoms with Gasteiger partial charge >= 0.3 is 11.9 Å². The van der Waals surface area contributed by atoms with E-state index < -0.39 is 11.9 Å². The summed E-state index contributed by atoms with van der Waals surface area (Å²) in [4.78, 5) is 24.4. The summed E-state index contributed by atoms with van der Waals surface area (Å²) in [6, 6.07) is 14.8. The van der Waals surface area contributed by atoms with Crippen molar-refractivity contribution in [2.24, 2.45) is 10.2 Å². The average Bonchev–Trinajstić information content (AvgIpc) is 2.73. The van der Waals surface area contributed by atoms with Crippen molar-refractivity contribution in [3.05, 3.63) is 65.7 Å². The number of hydrogen-bond acceptors (Lipinski definition) is 7. The van der Waals surface area contributed by atoms with E-state index in [1.165, 1.54) is 18.2 Å². The molecule has 0 atom stereocenters. The number of fused-ring (bicyclic) bond motifs is 1. The third kappa shape index (κ3) is 4.40. The highest BCUT2D eigenvalue weighted by molar-refractivity contribution is 5.99. The Balaban J connectivity index is 2.03. The van der Waals surface area contributed by atoms with Crippen LogP contribution < -0.4 is 0 Å². The van der Waals surface area contributed by atoms with Gasteiger partial charge in [-0.15, -0.1) is 10.2 Å². The van der Waals surface area contributed by atoms with Crippen LogP contribution >= 0.6 is 0 Å². The van der Waals surface area contributed by atoms with Gasteiger partial charge in [-0.3, -0.25) is 0 Å². The number of ether oxygens (including phenoxy) is 2. The number of aromatic hydroxyl groups is 1. The lowest BCUT2D eigenvalue weighted by Gasteiger charge is -2.08. The summed E-state index contributed by atoms with van der Waals surface area (Å²) in [7, 11) is 0. The second kappa shape index (κ2) is 8.97. The maximum absolute atomic E-state index is 12.4. The minimum absolute atomic E-state index is 0.115. The predicted octanol–water partition coefficient (Wildman–Crippen LogP) is 5.31. The van der Waals surface area contributed by atoms with Crippen LogP contribution in [0.25, 0.3) is 10.8 Å². The molecule has 1 N–H and O–H groups in total. The highest BCUT2D eigenvalue weighted by atomic mass is 16.5. The second-order valence-corrected chi connectivity index (χ2v) is 6.02. The Morgan fingerprint density at radius 1 is 0.828 bits per heavy atom. The first-order chi connectivity index (χ1) is 14.0. The summed E-state index contributed by atoms with van der Waals surface area (Å²) in [5.41, 5.74) is 1.13. The Bertz CT molecular complexity index is 1090. The number of benzene rings is 3. The molecule has 0 aliphatic heterocycles. The Morgan fingerprint density at radius 3 is 2.24 bits per heavy atom. The number of esters is 2. The number of carbonyl (C=O) groups excluding carboxylic acids is 2. The molecule has 0 aliphatic rings. The van der Waals surface area contributed by atoms with Gasteiger partial charge in [0.15, 0.2) is 0 Å². The lowest BCUT2D eigenvalue weighted by Crippen LogP contribution is -2.09. The molecule has 0 bridgehead atoms. The number of phenols is 1. The summed E-state index contributed by atoms with van der Waals surface area (Å²) in [6.45, 7) is 3.80. The van der Waals surface area contributed by atoms with Gasteiger partial charge < -0.3 is 14.6 Å². The number of nitrogens with zero attached hydrogens (tertiary/aromatic N) is 2. The van der Waals surface area contributed by atoms with Crippen LogP contribution in [-0.4, -0.2) is 30.3 Å². The average molecular weight is 392 g/mol. The van der Waals surface area contributed by atoms with E-state index in [2.05, 4.69) is 10.2 Å². The molecule has 29 heavy (non-hydrogen) atoms. The SMILES string of the molecule is CCOC(=O)c1ccc(N=Nc2cccc3c(O)cccc23)c(C(=O)OCC)c1. The summed E-state index contributed by atoms with van der Waals surface area (Å²) in [5, 5.41) is 19.8. The summed E-state index contributed by atoms with van der Waals surface area (Å²) < 4.78 is 10.1. The first-order valence-corrected chi connectivity index (χ1v) is 9.15. The summed E-state index contributed by atoms with van der Waals surface area (Å²) in [6.07, 6.45) is 0. The van der Waals surface area contributed by atoms with Crippen molar-refractivity contribution < 1.29 is 24.2 Å². The highest BCUT2D eigenvalue weighted by Gasteiger charge is 2.17. The van der Waals surface area contributed by atoms with Gasteiger partial charge in [-0.05, 0) is 44.2 Å². The van der Waals surface area contributed by atoms with Crippen molar-refractivity contribution in [3.8, 4) is 5.75 Å². The van der Waals surface area contributed by atoms with Crippen molar-refractivity contribution in [2.45, 2.75) is 13.8 Å². The number of hydrogen-bond donors (Lipinski definition) is 1. The van der Waals surface area contributed by atoms with Crippen LogP contribution in [0.3, 0.4) is 0 Å². The fraction of sp³-hybridized carbons (Fsp3) is 0.182. The van der Waals surface area contributed by atoms with Crippen LogP contribution in [0.1, 0.15) is 34.6 Å². The first-order valence-electron chi connectivity index (χ1n) is 9.15. The van der Waals surface area contributed by atoms with Crippen molar-refractivity contribution in [1.82, 2.24) is 0 Å². The third-order valence-electron chi connectivity index (χ3n) is 4.14. The molecule has 0 amide bonds. The molecule has 0 saturated carbocycles. The van der Waals surface area contributed by atoms with Gasteiger partial charge in [0.2, 0.25) is 0 Å². The molecule has 7 heteroatoms. The van der Waals surface area contributed by atoms with Gasteiger partial charge in [-0.2, -0.15) is 0 Å². The van der Waals surface area contributed by atoms with Gasteiger partial charge in [0, 0.05) is 10.8 Å². The Morgan fingerprint density at radius 2 is 1.48 bits per heavy atom. The molecular formula is C22H20N2O5. The van der Waals surface area contributed by atoms with Crippen LogP contribution in [0.15, 0.2) is 64.8 Å². The molecule has 0 heterocycles. The number of azo groups is 1. The molecule has 0 aromatic heterocycles. The minimum Gasteiger partial charge on any atom is -0.507 e. The van der Waals surface area contributed by atoms with E-state index in [1.54, 1.807) is 44.2 Å². The van der Waals surface area contributed by atoms with Crippen molar-refractivity contribution >= 4 is 34.1 Å². The largest absolute Gasteiger partial charge is 0.507 e. The molecule has 0 saturated heterocycles. The van der Waals surface area contributed by atoms with Crippen molar-refractivity contribution in [3.63, 3.8) is 0 Å². The first kappa shape index (κ1) is 20.0. The fourth-order valence-corrected chi connectivity index (χ4v) is 2.81. The van der Waals surface area contributed by atoms with E-state index in [0.29, 0.717) is 11.1 Å². The zero-order valence-electron chi connectivity index (χ0n) is 16.1. The predicted molar refractivity (Wildman–Crippen MR) is 108 cm³/mol. The zero-order valence-corrected chi connectivity index (χ0v) is 16.1. The van der Waals surface area contributed by atoms with Crippen LogP contribution in [0.2, 0.25) is 0 Å². The standard InChI is InChI=1S/C22H20N2O5/c1-3-28-21(26)14-11-12-19(17(13-14)22(27)29-4-2)24-23-18-9-5-8-16-15(18)7-6-10-20(16)25/h5-13,25H,3-4H2,1-2H3. The molecule has 148 valence electrons. The van der Waals surface area contributed by atoms with Gasteiger partial charge in [0.25, 0.3) is 0 Å². The summed E-state index contributed by atoms with van der Waals surface area (Å²) in [5.74, 6) is -1.00. The van der Waals surface area contributed by atoms with Gasteiger partial charge in [-0.25, -0.2) is 9.59 Å². The molecule has 3 rings (SSSR count). The van der Waals surface area contributed by atoms with Crippen molar-refractivity contribution in [1.29, 1.82) is 0 Å². The summed E-state index contributed by atoms with van der Waals surface area (Å²) >= 11 is 0. The van der Waals surface area contributed by atoms with Crippen LogP contribution in [0, 0.1) is 0 Å². The maximum Gasteiger partial charge on any atom is 0.340 e. The third-order valence-corrected chi connectivity index (χ3v) is 4.14. The van der Waals surface area contributed by atoms with E-state index in [4.69, 9.17) is 9.47 Å². The van der Waals surface area contributed by atoms with Crippen LogP contribution in [0.5, 0.6) is 5.75 Å². The smallest absolute Gasteiger partial charge is 0.340 e. The molecule has 0 fully saturated rings. The van der Waals surface area contributed by atoms with Crippen molar-refractivity contribution in [2.75, 3.05) is 13.2 Å². The topological polar surface area (TPSA) is 97.5 Å². The lowest BCUT2D eigenvalue weighted by molar-refractivity contribution is 0.0526. The number of phenolic OH excluding ortho intramolecular Hbond substituents is 1. The van der Waals surface area contributed by atoms with Crippen LogP contribution in [-0.2, 0) is 9.47 Å². The molecule has 0 spiro atoms. The molecule has 0 aliphatic carbocycles. The van der Waals surface area contributed by atoms with E-state index in [9.17, 15) is 14.7 Å². The Labute approximate surface area is 167 Å². The maximum atomic E-state index is 12.4. The second-order valence-electron chi connectivity index (χ2n) is 6.02. The fourth-order valence-electron chi connectivity index (χ4n) is 2.81. The molecule has 0 radical (unpaired) electrons. The normalized spacial score (nSPS) is 11.0. The van der Waals surface area contributed by atoms with Gasteiger partial charge in [0.1, 0.15) is 11.4 Å². The van der Waals surface area contributed by atoms with E-state index in [0.717, 1.165) is 5.39 Å². The van der Waals surface area contributed by atoms with Gasteiger partial charge in [-0.1, -0.05) is 24.3 Å². The van der Waals surface area contributed by atoms with E-state index in [-0.39, 0.29) is 35.8 Å². The van der Waals surface area contributed by atoms with E-state index >= 15 is 0 Å². The molecule has 3 aromatic rings. The molecule has 0 unspecified atom stereocenters. The van der Waals surface area contributed by atoms with E-state index in [1.807, 2.05) is 6.07 Å². The highest BCUT2D eigenvalue weighted by Crippen LogP contribution is 2.33. The Kier molecular flexibility index (Phi) is 6.19. The molecular weight excluding hydrogens is 372 g/mol. The quantitative estimate of drug-likeness (QED) is 0.452. The Hall–Kier alpha value is -3.74.